The number of methoxy groups -OCH3 is 1. The van der Waals surface area contributed by atoms with E-state index in [1.54, 1.807) is 30.5 Å². The topological polar surface area (TPSA) is 161 Å². The molecule has 5 rings (SSSR count). The Labute approximate surface area is 241 Å². The molecule has 42 heavy (non-hydrogen) atoms. The number of H-pyrrole nitrogens is 1. The number of esters is 2. The van der Waals surface area contributed by atoms with Gasteiger partial charge in [-0.25, -0.2) is 13.2 Å². The molecule has 1 fully saturated rings. The highest BCUT2D eigenvalue weighted by atomic mass is 32.2. The van der Waals surface area contributed by atoms with Gasteiger partial charge in [0.2, 0.25) is 0 Å². The standard InChI is InChI=1S/C29H29N3O9S/c1-17(33)40-15-20-16-42(37,38)28-25(39-2)27(35)32(28)24(20)26(34)31-23(29(36)41-14-18-8-4-3-5-9-18)12-19-13-30-22-11-7-6-10-21(19)22/h3-11,13,23,25,28,30H,12,14-16H2,1-2H3,(H,31,34)/t23-,25-,28+/m0/s1. The van der Waals surface area contributed by atoms with E-state index in [1.807, 2.05) is 30.3 Å². The molecule has 220 valence electrons. The van der Waals surface area contributed by atoms with Crippen LogP contribution in [0.3, 0.4) is 0 Å². The Bertz CT molecular complexity index is 1680. The van der Waals surface area contributed by atoms with Crippen molar-refractivity contribution in [2.45, 2.75) is 37.5 Å². The number of para-hydroxylation sites is 1. The summed E-state index contributed by atoms with van der Waals surface area (Å²) in [5.74, 6) is -3.70. The van der Waals surface area contributed by atoms with Gasteiger partial charge in [0.25, 0.3) is 11.8 Å². The molecule has 12 nitrogen and oxygen atoms in total. The minimum Gasteiger partial charge on any atom is -0.461 e. The molecule has 2 N–H and O–H groups in total. The van der Waals surface area contributed by atoms with Crippen molar-refractivity contribution in [1.82, 2.24) is 15.2 Å². The second-order valence-corrected chi connectivity index (χ2v) is 12.1. The van der Waals surface area contributed by atoms with Crippen molar-refractivity contribution < 1.29 is 41.8 Å². The molecule has 1 aromatic heterocycles. The molecule has 3 aromatic rings. The van der Waals surface area contributed by atoms with Crippen molar-refractivity contribution in [3.8, 4) is 0 Å². The number of nitrogens with zero attached hydrogens (tertiary/aromatic N) is 1. The molecule has 0 unspecified atom stereocenters. The molecule has 2 aromatic carbocycles. The van der Waals surface area contributed by atoms with E-state index in [0.717, 1.165) is 33.9 Å². The summed E-state index contributed by atoms with van der Waals surface area (Å²) in [4.78, 5) is 55.6. The first-order chi connectivity index (χ1) is 20.1. The zero-order chi connectivity index (χ0) is 30.0. The lowest BCUT2D eigenvalue weighted by Crippen LogP contribution is -2.71. The van der Waals surface area contributed by atoms with Crippen LogP contribution in [0.5, 0.6) is 0 Å². The fraction of sp³-hybridized carbons (Fsp3) is 0.310. The van der Waals surface area contributed by atoms with E-state index in [1.165, 1.54) is 7.11 Å². The van der Waals surface area contributed by atoms with E-state index in [2.05, 4.69) is 10.3 Å². The molecule has 3 atom stereocenters. The largest absolute Gasteiger partial charge is 0.461 e. The minimum atomic E-state index is -3.98. The van der Waals surface area contributed by atoms with Crippen LogP contribution in [0.1, 0.15) is 18.1 Å². The molecular formula is C29H29N3O9S. The summed E-state index contributed by atoms with van der Waals surface area (Å²) in [6.07, 6.45) is 0.475. The molecule has 3 heterocycles. The van der Waals surface area contributed by atoms with Gasteiger partial charge in [-0.15, -0.1) is 0 Å². The Kier molecular flexibility index (Phi) is 8.14. The Hall–Kier alpha value is -4.49. The van der Waals surface area contributed by atoms with Crippen LogP contribution in [0.15, 0.2) is 72.1 Å². The highest BCUT2D eigenvalue weighted by Gasteiger charge is 2.60. The van der Waals surface area contributed by atoms with E-state index < -0.39 is 63.5 Å². The maximum Gasteiger partial charge on any atom is 0.329 e. The highest BCUT2D eigenvalue weighted by molar-refractivity contribution is 7.92. The highest BCUT2D eigenvalue weighted by Crippen LogP contribution is 2.38. The van der Waals surface area contributed by atoms with Crippen molar-refractivity contribution in [1.29, 1.82) is 0 Å². The summed E-state index contributed by atoms with van der Waals surface area (Å²) in [6, 6.07) is 15.2. The lowest BCUT2D eigenvalue weighted by Gasteiger charge is -2.48. The number of carbonyl (C=O) groups is 4. The van der Waals surface area contributed by atoms with Crippen LogP contribution in [0.25, 0.3) is 10.9 Å². The second-order valence-electron chi connectivity index (χ2n) is 9.98. The average molecular weight is 596 g/mol. The summed E-state index contributed by atoms with van der Waals surface area (Å²) >= 11 is 0. The quantitative estimate of drug-likeness (QED) is 0.261. The van der Waals surface area contributed by atoms with E-state index >= 15 is 0 Å². The molecule has 0 bridgehead atoms. The summed E-state index contributed by atoms with van der Waals surface area (Å²) < 4.78 is 41.7. The zero-order valence-corrected chi connectivity index (χ0v) is 23.7. The van der Waals surface area contributed by atoms with E-state index in [-0.39, 0.29) is 24.3 Å². The molecule has 2 aliphatic heterocycles. The molecule has 2 aliphatic rings. The SMILES string of the molecule is CO[C@H]1C(=O)N2C(C(=O)N[C@@H](Cc3c[nH]c4ccccc34)C(=O)OCc3ccccc3)=C(COC(C)=O)CS(=O)(=O)[C@H]12. The average Bonchev–Trinajstić information content (AvgIpc) is 3.37. The lowest BCUT2D eigenvalue weighted by molar-refractivity contribution is -0.161. The number of hydrogen-bond acceptors (Lipinski definition) is 9. The van der Waals surface area contributed by atoms with Crippen LogP contribution in [0.2, 0.25) is 0 Å². The number of rotatable bonds is 10. The van der Waals surface area contributed by atoms with Crippen molar-refractivity contribution in [3.63, 3.8) is 0 Å². The number of β-lactam (4-membered cyclic amide) rings is 1. The third-order valence-electron chi connectivity index (χ3n) is 7.14. The number of ether oxygens (including phenoxy) is 3. The Morgan fingerprint density at radius 2 is 1.76 bits per heavy atom. The molecular weight excluding hydrogens is 566 g/mol. The zero-order valence-electron chi connectivity index (χ0n) is 22.9. The molecule has 0 saturated carbocycles. The van der Waals surface area contributed by atoms with E-state index in [0.29, 0.717) is 0 Å². The molecule has 1 saturated heterocycles. The molecule has 0 radical (unpaired) electrons. The third-order valence-corrected chi connectivity index (χ3v) is 9.09. The minimum absolute atomic E-state index is 0.0340. The van der Waals surface area contributed by atoms with Crippen molar-refractivity contribution in [2.24, 2.45) is 0 Å². The van der Waals surface area contributed by atoms with Gasteiger partial charge in [0.1, 0.15) is 25.0 Å². The number of hydrogen-bond donors (Lipinski definition) is 2. The molecule has 0 aliphatic carbocycles. The second kappa shape index (κ2) is 11.8. The summed E-state index contributed by atoms with van der Waals surface area (Å²) in [5.41, 5.74) is 1.91. The molecule has 0 spiro atoms. The Morgan fingerprint density at radius 1 is 1.05 bits per heavy atom. The first kappa shape index (κ1) is 29.0. The number of fused-ring (bicyclic) bond motifs is 2. The first-order valence-corrected chi connectivity index (χ1v) is 14.8. The predicted octanol–water partition coefficient (Wildman–Crippen LogP) is 1.37. The number of aromatic nitrogens is 1. The van der Waals surface area contributed by atoms with Crippen molar-refractivity contribution >= 4 is 44.5 Å². The third kappa shape index (κ3) is 5.65. The van der Waals surface area contributed by atoms with Crippen molar-refractivity contribution in [3.05, 3.63) is 83.2 Å². The summed E-state index contributed by atoms with van der Waals surface area (Å²) in [7, 11) is -2.77. The van der Waals surface area contributed by atoms with Crippen LogP contribution >= 0.6 is 0 Å². The fourth-order valence-corrected chi connectivity index (χ4v) is 7.16. The molecule has 13 heteroatoms. The predicted molar refractivity (Wildman–Crippen MR) is 149 cm³/mol. The van der Waals surface area contributed by atoms with Gasteiger partial charge >= 0.3 is 11.9 Å². The van der Waals surface area contributed by atoms with Gasteiger partial charge < -0.3 is 24.5 Å². The number of amides is 2. The van der Waals surface area contributed by atoms with Crippen LogP contribution in [-0.2, 0) is 56.3 Å². The monoisotopic (exact) mass is 595 g/mol. The lowest BCUT2D eigenvalue weighted by atomic mass is 10.0. The number of sulfone groups is 1. The Balaban J connectivity index is 1.47. The van der Waals surface area contributed by atoms with Crippen molar-refractivity contribution in [2.75, 3.05) is 19.5 Å². The van der Waals surface area contributed by atoms with Gasteiger partial charge in [-0.2, -0.15) is 0 Å². The van der Waals surface area contributed by atoms with E-state index in [9.17, 15) is 27.6 Å². The number of aromatic amines is 1. The fourth-order valence-electron chi connectivity index (χ4n) is 5.15. The first-order valence-electron chi connectivity index (χ1n) is 13.1. The van der Waals surface area contributed by atoms with Gasteiger partial charge in [-0.3, -0.25) is 19.3 Å². The van der Waals surface area contributed by atoms with Gasteiger partial charge in [0.15, 0.2) is 21.3 Å². The van der Waals surface area contributed by atoms with Crippen LogP contribution in [0, 0.1) is 0 Å². The van der Waals surface area contributed by atoms with E-state index in [4.69, 9.17) is 14.2 Å². The maximum atomic E-state index is 13.8. The van der Waals surface area contributed by atoms with Gasteiger partial charge in [0.05, 0.1) is 5.75 Å². The number of nitrogens with one attached hydrogen (secondary N) is 2. The van der Waals surface area contributed by atoms with Crippen LogP contribution < -0.4 is 5.32 Å². The van der Waals surface area contributed by atoms with Gasteiger partial charge in [-0.05, 0) is 17.2 Å². The molecule has 2 amide bonds. The summed E-state index contributed by atoms with van der Waals surface area (Å²) in [6.45, 7) is 0.563. The normalized spacial score (nSPS) is 20.0. The number of benzene rings is 2. The Morgan fingerprint density at radius 3 is 2.48 bits per heavy atom. The van der Waals surface area contributed by atoms with Gasteiger partial charge in [0, 0.05) is 43.1 Å². The van der Waals surface area contributed by atoms with Crippen LogP contribution in [0.4, 0.5) is 0 Å². The van der Waals surface area contributed by atoms with Gasteiger partial charge in [-0.1, -0.05) is 48.5 Å². The smallest absolute Gasteiger partial charge is 0.329 e. The number of carbonyl (C=O) groups excluding carboxylic acids is 4. The maximum absolute atomic E-state index is 13.8. The van der Waals surface area contributed by atoms with Crippen LogP contribution in [-0.4, -0.2) is 79.0 Å². The summed E-state index contributed by atoms with van der Waals surface area (Å²) in [5, 5.41) is 2.07.